The molecular formula is C22H17NO4S. The third kappa shape index (κ3) is 3.47. The number of benzene rings is 2. The molecule has 0 radical (unpaired) electrons. The Bertz CT molecular complexity index is 1000. The zero-order valence-electron chi connectivity index (χ0n) is 14.8. The molecule has 28 heavy (non-hydrogen) atoms. The van der Waals surface area contributed by atoms with E-state index in [-0.39, 0.29) is 6.61 Å². The molecule has 4 aromatic rings. The Morgan fingerprint density at radius 3 is 2.21 bits per heavy atom. The van der Waals surface area contributed by atoms with Crippen LogP contribution in [0.25, 0.3) is 10.8 Å². The molecule has 0 amide bonds. The van der Waals surface area contributed by atoms with E-state index in [4.69, 9.17) is 9.15 Å². The summed E-state index contributed by atoms with van der Waals surface area (Å²) in [6, 6.07) is 21.3. The molecule has 0 aliphatic heterocycles. The van der Waals surface area contributed by atoms with E-state index in [0.717, 1.165) is 4.88 Å². The minimum Gasteiger partial charge on any atom is -0.456 e. The minimum absolute atomic E-state index is 0.102. The van der Waals surface area contributed by atoms with Crippen LogP contribution in [-0.2, 0) is 21.7 Å². The van der Waals surface area contributed by atoms with Gasteiger partial charge in [-0.25, -0.2) is 9.78 Å². The number of hydrogen-bond donors (Lipinski definition) is 1. The fraction of sp³-hybridized carbons (Fsp3) is 0.0909. The van der Waals surface area contributed by atoms with E-state index >= 15 is 0 Å². The third-order valence-electron chi connectivity index (χ3n) is 4.31. The molecule has 0 fully saturated rings. The smallest absolute Gasteiger partial charge is 0.348 e. The standard InChI is InChI=1S/C22H17NO4S/c24-21(27-15-18-14-26-20(23-18)19-12-7-13-28-19)22(25,16-8-3-1-4-9-16)17-10-5-2-6-11-17/h1-14,25H,15H2. The van der Waals surface area contributed by atoms with Crippen LogP contribution in [0, 0.1) is 0 Å². The van der Waals surface area contributed by atoms with Crippen molar-refractivity contribution >= 4 is 17.3 Å². The van der Waals surface area contributed by atoms with Crippen molar-refractivity contribution < 1.29 is 19.1 Å². The molecular weight excluding hydrogens is 374 g/mol. The predicted octanol–water partition coefficient (Wildman–Crippen LogP) is 4.38. The van der Waals surface area contributed by atoms with Gasteiger partial charge in [-0.15, -0.1) is 11.3 Å². The molecule has 1 N–H and O–H groups in total. The Labute approximate surface area is 165 Å². The maximum atomic E-state index is 12.9. The third-order valence-corrected chi connectivity index (χ3v) is 5.17. The van der Waals surface area contributed by atoms with E-state index in [1.807, 2.05) is 29.6 Å². The molecule has 6 heteroatoms. The molecule has 0 aliphatic rings. The van der Waals surface area contributed by atoms with Crippen LogP contribution in [-0.4, -0.2) is 16.1 Å². The van der Waals surface area contributed by atoms with Crippen molar-refractivity contribution in [1.29, 1.82) is 0 Å². The van der Waals surface area contributed by atoms with E-state index in [1.54, 1.807) is 48.5 Å². The Morgan fingerprint density at radius 1 is 1.00 bits per heavy atom. The van der Waals surface area contributed by atoms with Crippen LogP contribution in [0.1, 0.15) is 16.8 Å². The number of aromatic nitrogens is 1. The van der Waals surface area contributed by atoms with E-state index in [9.17, 15) is 9.90 Å². The molecule has 4 rings (SSSR count). The van der Waals surface area contributed by atoms with E-state index in [0.29, 0.717) is 22.7 Å². The number of esters is 1. The lowest BCUT2D eigenvalue weighted by atomic mass is 9.86. The topological polar surface area (TPSA) is 72.6 Å². The number of aliphatic hydroxyl groups is 1. The summed E-state index contributed by atoms with van der Waals surface area (Å²) >= 11 is 1.51. The average molecular weight is 391 g/mol. The molecule has 2 aromatic carbocycles. The maximum Gasteiger partial charge on any atom is 0.348 e. The van der Waals surface area contributed by atoms with Gasteiger partial charge in [0.25, 0.3) is 0 Å². The Balaban J connectivity index is 1.57. The molecule has 0 saturated carbocycles. The van der Waals surface area contributed by atoms with Crippen LogP contribution in [0.3, 0.4) is 0 Å². The molecule has 140 valence electrons. The fourth-order valence-electron chi connectivity index (χ4n) is 2.89. The van der Waals surface area contributed by atoms with Gasteiger partial charge >= 0.3 is 5.97 Å². The number of carbonyl (C=O) groups excluding carboxylic acids is 1. The summed E-state index contributed by atoms with van der Waals surface area (Å²) < 4.78 is 10.9. The van der Waals surface area contributed by atoms with Crippen molar-refractivity contribution in [2.24, 2.45) is 0 Å². The van der Waals surface area contributed by atoms with Gasteiger partial charge in [0.2, 0.25) is 11.5 Å². The Hall–Kier alpha value is -3.22. The Morgan fingerprint density at radius 2 is 1.64 bits per heavy atom. The molecule has 2 heterocycles. The second kappa shape index (κ2) is 7.80. The molecule has 5 nitrogen and oxygen atoms in total. The van der Waals surface area contributed by atoms with Crippen molar-refractivity contribution in [3.63, 3.8) is 0 Å². The lowest BCUT2D eigenvalue weighted by molar-refractivity contribution is -0.163. The molecule has 2 aromatic heterocycles. The summed E-state index contributed by atoms with van der Waals surface area (Å²) in [6.45, 7) is -0.102. The van der Waals surface area contributed by atoms with Crippen molar-refractivity contribution in [2.75, 3.05) is 0 Å². The highest BCUT2D eigenvalue weighted by atomic mass is 32.1. The van der Waals surface area contributed by atoms with Gasteiger partial charge in [0.1, 0.15) is 18.6 Å². The van der Waals surface area contributed by atoms with Gasteiger partial charge < -0.3 is 14.3 Å². The highest BCUT2D eigenvalue weighted by Gasteiger charge is 2.41. The largest absolute Gasteiger partial charge is 0.456 e. The lowest BCUT2D eigenvalue weighted by Crippen LogP contribution is -2.38. The zero-order valence-corrected chi connectivity index (χ0v) is 15.6. The van der Waals surface area contributed by atoms with Gasteiger partial charge in [-0.2, -0.15) is 0 Å². The molecule has 0 unspecified atom stereocenters. The van der Waals surface area contributed by atoms with E-state index in [2.05, 4.69) is 4.98 Å². The summed E-state index contributed by atoms with van der Waals surface area (Å²) in [5.74, 6) is -0.298. The summed E-state index contributed by atoms with van der Waals surface area (Å²) in [7, 11) is 0. The highest BCUT2D eigenvalue weighted by molar-refractivity contribution is 7.13. The molecule has 0 aliphatic carbocycles. The van der Waals surface area contributed by atoms with Crippen LogP contribution in [0.2, 0.25) is 0 Å². The van der Waals surface area contributed by atoms with Crippen LogP contribution >= 0.6 is 11.3 Å². The van der Waals surface area contributed by atoms with Gasteiger partial charge in [0.15, 0.2) is 0 Å². The number of ether oxygens (including phenoxy) is 1. The molecule has 0 bridgehead atoms. The van der Waals surface area contributed by atoms with Crippen LogP contribution in [0.5, 0.6) is 0 Å². The summed E-state index contributed by atoms with van der Waals surface area (Å²) in [6.07, 6.45) is 1.45. The van der Waals surface area contributed by atoms with Gasteiger partial charge in [0, 0.05) is 0 Å². The number of nitrogens with zero attached hydrogens (tertiary/aromatic N) is 1. The van der Waals surface area contributed by atoms with E-state index < -0.39 is 11.6 Å². The molecule has 0 atom stereocenters. The van der Waals surface area contributed by atoms with Crippen LogP contribution in [0.15, 0.2) is 88.9 Å². The predicted molar refractivity (Wildman–Crippen MR) is 105 cm³/mol. The van der Waals surface area contributed by atoms with Crippen molar-refractivity contribution in [2.45, 2.75) is 12.2 Å². The first-order valence-electron chi connectivity index (χ1n) is 8.67. The van der Waals surface area contributed by atoms with Gasteiger partial charge in [-0.3, -0.25) is 0 Å². The minimum atomic E-state index is -1.91. The summed E-state index contributed by atoms with van der Waals surface area (Å²) in [5, 5.41) is 13.3. The zero-order chi connectivity index (χ0) is 19.4. The van der Waals surface area contributed by atoms with Gasteiger partial charge in [0.05, 0.1) is 4.88 Å². The summed E-state index contributed by atoms with van der Waals surface area (Å²) in [4.78, 5) is 18.2. The van der Waals surface area contributed by atoms with Gasteiger partial charge in [-0.1, -0.05) is 66.7 Å². The maximum absolute atomic E-state index is 12.9. The molecule has 0 spiro atoms. The number of carbonyl (C=O) groups is 1. The molecule has 0 saturated heterocycles. The Kier molecular flexibility index (Phi) is 5.06. The van der Waals surface area contributed by atoms with Crippen LogP contribution < -0.4 is 0 Å². The number of rotatable bonds is 6. The number of oxazole rings is 1. The SMILES string of the molecule is O=C(OCc1coc(-c2cccs2)n1)C(O)(c1ccccc1)c1ccccc1. The van der Waals surface area contributed by atoms with Crippen molar-refractivity contribution in [3.05, 3.63) is 101 Å². The monoisotopic (exact) mass is 391 g/mol. The lowest BCUT2D eigenvalue weighted by Gasteiger charge is -2.26. The van der Waals surface area contributed by atoms with Crippen LogP contribution in [0.4, 0.5) is 0 Å². The summed E-state index contributed by atoms with van der Waals surface area (Å²) in [5.41, 5.74) is -0.570. The fourth-order valence-corrected chi connectivity index (χ4v) is 3.55. The first kappa shape index (κ1) is 18.2. The highest BCUT2D eigenvalue weighted by Crippen LogP contribution is 2.31. The second-order valence-electron chi connectivity index (χ2n) is 6.14. The second-order valence-corrected chi connectivity index (χ2v) is 7.09. The quantitative estimate of drug-likeness (QED) is 0.494. The van der Waals surface area contributed by atoms with Crippen molar-refractivity contribution in [3.8, 4) is 10.8 Å². The first-order chi connectivity index (χ1) is 13.7. The first-order valence-corrected chi connectivity index (χ1v) is 9.55. The normalized spacial score (nSPS) is 11.3. The number of thiophene rings is 1. The van der Waals surface area contributed by atoms with E-state index in [1.165, 1.54) is 17.6 Å². The average Bonchev–Trinajstić information content (AvgIpc) is 3.44. The van der Waals surface area contributed by atoms with Crippen molar-refractivity contribution in [1.82, 2.24) is 4.98 Å². The van der Waals surface area contributed by atoms with Gasteiger partial charge in [-0.05, 0) is 22.6 Å². The number of hydrogen-bond acceptors (Lipinski definition) is 6.